The molecule has 5 rings (SSSR count). The number of fused-ring (bicyclic) bond motifs is 1. The van der Waals surface area contributed by atoms with E-state index in [9.17, 15) is 13.6 Å². The normalized spacial score (nSPS) is 11.1. The van der Waals surface area contributed by atoms with E-state index in [1.165, 1.54) is 12.1 Å². The fraction of sp³-hybridized carbons (Fsp3) is 0.115. The second-order valence-corrected chi connectivity index (χ2v) is 8.09. The van der Waals surface area contributed by atoms with Crippen LogP contribution in [-0.4, -0.2) is 25.7 Å². The summed E-state index contributed by atoms with van der Waals surface area (Å²) in [6.07, 6.45) is 3.36. The van der Waals surface area contributed by atoms with Gasteiger partial charge in [0, 0.05) is 43.2 Å². The Morgan fingerprint density at radius 2 is 1.86 bits per heavy atom. The lowest BCUT2D eigenvalue weighted by Crippen LogP contribution is -2.23. The highest BCUT2D eigenvalue weighted by atomic mass is 19.1. The van der Waals surface area contributed by atoms with E-state index < -0.39 is 11.6 Å². The molecule has 2 aromatic carbocycles. The number of nitrogens with one attached hydrogen (secondary N) is 2. The Balaban J connectivity index is 1.39. The van der Waals surface area contributed by atoms with Gasteiger partial charge in [-0.15, -0.1) is 0 Å². The van der Waals surface area contributed by atoms with Gasteiger partial charge in [-0.25, -0.2) is 13.8 Å². The molecule has 0 fully saturated rings. The standard InChI is InChI=1S/C26H21F2N5O2/c1-15-19(26(34)30-14-16-10-17(27)12-18(28)11-16)4-3-5-23(15)35-24-7-8-29-25-20(24)13-21(32-25)22-6-9-31-33(22)2/h3-13H,14H2,1-2H3,(H,29,32)(H,30,34). The van der Waals surface area contributed by atoms with Crippen molar-refractivity contribution in [3.8, 4) is 22.9 Å². The lowest BCUT2D eigenvalue weighted by atomic mass is 10.1. The maximum absolute atomic E-state index is 13.4. The van der Waals surface area contributed by atoms with Crippen LogP contribution in [0.1, 0.15) is 21.5 Å². The van der Waals surface area contributed by atoms with Gasteiger partial charge < -0.3 is 15.0 Å². The number of halogens is 2. The quantitative estimate of drug-likeness (QED) is 0.352. The molecular formula is C26H21F2N5O2. The van der Waals surface area contributed by atoms with Crippen LogP contribution in [0, 0.1) is 18.6 Å². The number of benzene rings is 2. The molecule has 5 aromatic rings. The Labute approximate surface area is 199 Å². The van der Waals surface area contributed by atoms with Crippen LogP contribution in [0.15, 0.2) is 67.0 Å². The van der Waals surface area contributed by atoms with Gasteiger partial charge in [0.15, 0.2) is 0 Å². The average Bonchev–Trinajstić information content (AvgIpc) is 3.44. The monoisotopic (exact) mass is 473 g/mol. The van der Waals surface area contributed by atoms with Crippen molar-refractivity contribution < 1.29 is 18.3 Å². The summed E-state index contributed by atoms with van der Waals surface area (Å²) in [6.45, 7) is 1.77. The largest absolute Gasteiger partial charge is 0.456 e. The van der Waals surface area contributed by atoms with Gasteiger partial charge in [0.2, 0.25) is 0 Å². The third kappa shape index (κ3) is 4.48. The molecule has 0 aliphatic carbocycles. The van der Waals surface area contributed by atoms with Gasteiger partial charge in [-0.3, -0.25) is 9.48 Å². The molecule has 176 valence electrons. The van der Waals surface area contributed by atoms with Gasteiger partial charge in [-0.2, -0.15) is 5.10 Å². The summed E-state index contributed by atoms with van der Waals surface area (Å²) in [5.74, 6) is -0.681. The zero-order chi connectivity index (χ0) is 24.5. The first kappa shape index (κ1) is 22.3. The molecule has 2 N–H and O–H groups in total. The molecule has 35 heavy (non-hydrogen) atoms. The molecular weight excluding hydrogens is 452 g/mol. The van der Waals surface area contributed by atoms with Gasteiger partial charge in [-0.1, -0.05) is 6.07 Å². The molecule has 1 amide bonds. The van der Waals surface area contributed by atoms with Crippen molar-refractivity contribution in [2.75, 3.05) is 0 Å². The minimum Gasteiger partial charge on any atom is -0.456 e. The molecule has 0 atom stereocenters. The van der Waals surface area contributed by atoms with E-state index in [-0.39, 0.29) is 12.5 Å². The fourth-order valence-electron chi connectivity index (χ4n) is 3.95. The molecule has 7 nitrogen and oxygen atoms in total. The number of ether oxygens (including phenoxy) is 1. The van der Waals surface area contributed by atoms with Crippen molar-refractivity contribution in [2.24, 2.45) is 7.05 Å². The fourth-order valence-corrected chi connectivity index (χ4v) is 3.95. The van der Waals surface area contributed by atoms with E-state index >= 15 is 0 Å². The Morgan fingerprint density at radius 1 is 1.06 bits per heavy atom. The topological polar surface area (TPSA) is 84.8 Å². The lowest BCUT2D eigenvalue weighted by molar-refractivity contribution is 0.0950. The van der Waals surface area contributed by atoms with Gasteiger partial charge in [-0.05, 0) is 55.0 Å². The molecule has 3 heterocycles. The molecule has 0 saturated heterocycles. The first-order chi connectivity index (χ1) is 16.9. The highest BCUT2D eigenvalue weighted by Gasteiger charge is 2.16. The van der Waals surface area contributed by atoms with E-state index in [0.717, 1.165) is 22.8 Å². The van der Waals surface area contributed by atoms with Gasteiger partial charge in [0.05, 0.1) is 16.8 Å². The maximum Gasteiger partial charge on any atom is 0.251 e. The first-order valence-corrected chi connectivity index (χ1v) is 10.9. The van der Waals surface area contributed by atoms with Crippen molar-refractivity contribution >= 4 is 16.9 Å². The first-order valence-electron chi connectivity index (χ1n) is 10.9. The molecule has 3 aromatic heterocycles. The summed E-state index contributed by atoms with van der Waals surface area (Å²) in [5.41, 5.74) is 3.77. The third-order valence-corrected chi connectivity index (χ3v) is 5.71. The van der Waals surface area contributed by atoms with Crippen molar-refractivity contribution in [1.29, 1.82) is 0 Å². The number of H-pyrrole nitrogens is 1. The highest BCUT2D eigenvalue weighted by Crippen LogP contribution is 2.34. The van der Waals surface area contributed by atoms with Crippen LogP contribution in [-0.2, 0) is 13.6 Å². The lowest BCUT2D eigenvalue weighted by Gasteiger charge is -2.13. The smallest absolute Gasteiger partial charge is 0.251 e. The van der Waals surface area contributed by atoms with Crippen LogP contribution >= 0.6 is 0 Å². The molecule has 0 spiro atoms. The number of aromatic nitrogens is 4. The summed E-state index contributed by atoms with van der Waals surface area (Å²) < 4.78 is 34.8. The Hall–Kier alpha value is -4.53. The number of carbonyl (C=O) groups excluding carboxylic acids is 1. The number of amides is 1. The number of hydrogen-bond acceptors (Lipinski definition) is 4. The summed E-state index contributed by atoms with van der Waals surface area (Å²) in [5, 5.41) is 7.69. The van der Waals surface area contributed by atoms with Crippen LogP contribution in [0.4, 0.5) is 8.78 Å². The average molecular weight is 473 g/mol. The van der Waals surface area contributed by atoms with Gasteiger partial charge in [0.1, 0.15) is 28.8 Å². The second-order valence-electron chi connectivity index (χ2n) is 8.09. The minimum absolute atomic E-state index is 0.0108. The number of rotatable bonds is 6. The summed E-state index contributed by atoms with van der Waals surface area (Å²) in [4.78, 5) is 20.5. The molecule has 0 saturated carbocycles. The molecule has 0 radical (unpaired) electrons. The molecule has 0 aliphatic heterocycles. The van der Waals surface area contributed by atoms with Crippen molar-refractivity contribution in [3.05, 3.63) is 95.3 Å². The van der Waals surface area contributed by atoms with Crippen molar-refractivity contribution in [1.82, 2.24) is 25.1 Å². The molecule has 9 heteroatoms. The molecule has 0 aliphatic rings. The third-order valence-electron chi connectivity index (χ3n) is 5.71. The summed E-state index contributed by atoms with van der Waals surface area (Å²) >= 11 is 0. The SMILES string of the molecule is Cc1c(Oc2ccnc3[nH]c(-c4ccnn4C)cc23)cccc1C(=O)NCc1cc(F)cc(F)c1. The van der Waals surface area contributed by atoms with Gasteiger partial charge >= 0.3 is 0 Å². The zero-order valence-corrected chi connectivity index (χ0v) is 19.0. The zero-order valence-electron chi connectivity index (χ0n) is 19.0. The Kier molecular flexibility index (Phi) is 5.74. The van der Waals surface area contributed by atoms with Crippen LogP contribution in [0.2, 0.25) is 0 Å². The predicted molar refractivity (Wildman–Crippen MR) is 127 cm³/mol. The van der Waals surface area contributed by atoms with E-state index in [0.29, 0.717) is 33.8 Å². The van der Waals surface area contributed by atoms with Crippen LogP contribution in [0.5, 0.6) is 11.5 Å². The second kappa shape index (κ2) is 9.02. The number of nitrogens with zero attached hydrogens (tertiary/aromatic N) is 3. The minimum atomic E-state index is -0.694. The number of carbonyl (C=O) groups is 1. The van der Waals surface area contributed by atoms with Gasteiger partial charge in [0.25, 0.3) is 5.91 Å². The van der Waals surface area contributed by atoms with Crippen molar-refractivity contribution in [3.63, 3.8) is 0 Å². The summed E-state index contributed by atoms with van der Waals surface area (Å²) in [6, 6.07) is 13.9. The van der Waals surface area contributed by atoms with E-state index in [1.807, 2.05) is 19.2 Å². The van der Waals surface area contributed by atoms with E-state index in [1.54, 1.807) is 48.3 Å². The molecule has 0 bridgehead atoms. The Morgan fingerprint density at radius 3 is 2.60 bits per heavy atom. The predicted octanol–water partition coefficient (Wildman–Crippen LogP) is 5.27. The van der Waals surface area contributed by atoms with Crippen molar-refractivity contribution in [2.45, 2.75) is 13.5 Å². The number of hydrogen-bond donors (Lipinski definition) is 2. The number of aryl methyl sites for hydroxylation is 1. The van der Waals surface area contributed by atoms with Crippen LogP contribution < -0.4 is 10.1 Å². The maximum atomic E-state index is 13.4. The Bertz CT molecular complexity index is 1540. The number of aromatic amines is 1. The van der Waals surface area contributed by atoms with E-state index in [2.05, 4.69) is 20.4 Å². The highest BCUT2D eigenvalue weighted by molar-refractivity contribution is 5.96. The van der Waals surface area contributed by atoms with E-state index in [4.69, 9.17) is 4.74 Å². The number of pyridine rings is 1. The van der Waals surface area contributed by atoms with Crippen LogP contribution in [0.3, 0.4) is 0 Å². The molecule has 0 unspecified atom stereocenters. The summed E-state index contributed by atoms with van der Waals surface area (Å²) in [7, 11) is 1.86. The van der Waals surface area contributed by atoms with Crippen LogP contribution in [0.25, 0.3) is 22.4 Å².